The van der Waals surface area contributed by atoms with Crippen LogP contribution in [-0.2, 0) is 4.79 Å². The van der Waals surface area contributed by atoms with Crippen LogP contribution in [0.25, 0.3) is 0 Å². The van der Waals surface area contributed by atoms with Crippen molar-refractivity contribution in [2.45, 2.75) is 25.7 Å². The van der Waals surface area contributed by atoms with Crippen LogP contribution in [0.3, 0.4) is 0 Å². The van der Waals surface area contributed by atoms with E-state index in [0.717, 1.165) is 29.3 Å². The Balaban J connectivity index is 2.17. The van der Waals surface area contributed by atoms with Crippen LogP contribution in [-0.4, -0.2) is 23.5 Å². The van der Waals surface area contributed by atoms with Crippen molar-refractivity contribution in [2.75, 3.05) is 11.9 Å². The Morgan fingerprint density at radius 3 is 2.71 bits per heavy atom. The van der Waals surface area contributed by atoms with Gasteiger partial charge in [-0.05, 0) is 66.1 Å². The van der Waals surface area contributed by atoms with Crippen molar-refractivity contribution in [1.82, 2.24) is 0 Å². The van der Waals surface area contributed by atoms with Crippen molar-refractivity contribution in [3.63, 3.8) is 0 Å². The summed E-state index contributed by atoms with van der Waals surface area (Å²) in [5, 5.41) is 12.0. The third-order valence-electron chi connectivity index (χ3n) is 4.02. The molecule has 0 heterocycles. The minimum Gasteiger partial charge on any atom is -0.478 e. The lowest BCUT2D eigenvalue weighted by Gasteiger charge is -2.29. The molecule has 1 saturated carbocycles. The van der Waals surface area contributed by atoms with Crippen LogP contribution in [0.2, 0.25) is 0 Å². The molecule has 0 saturated heterocycles. The molecule has 1 aromatic carbocycles. The fourth-order valence-corrected chi connectivity index (χ4v) is 3.35. The van der Waals surface area contributed by atoms with Gasteiger partial charge < -0.3 is 16.2 Å². The van der Waals surface area contributed by atoms with E-state index in [-0.39, 0.29) is 23.3 Å². The molecule has 0 bridgehead atoms. The molecule has 2 unspecified atom stereocenters. The highest BCUT2D eigenvalue weighted by Crippen LogP contribution is 2.31. The van der Waals surface area contributed by atoms with Gasteiger partial charge in [-0.25, -0.2) is 4.79 Å². The fraction of sp³-hybridized carbons (Fsp3) is 0.467. The number of hydrogen-bond donors (Lipinski definition) is 3. The van der Waals surface area contributed by atoms with Crippen LogP contribution in [0.4, 0.5) is 5.69 Å². The van der Waals surface area contributed by atoms with E-state index in [1.165, 1.54) is 0 Å². The number of benzene rings is 1. The van der Waals surface area contributed by atoms with Crippen LogP contribution < -0.4 is 11.1 Å². The summed E-state index contributed by atoms with van der Waals surface area (Å²) in [5.74, 6) is -1.09. The highest BCUT2D eigenvalue weighted by atomic mass is 127. The average Bonchev–Trinajstić information content (AvgIpc) is 2.48. The number of nitrogens with two attached hydrogens (primary N) is 1. The van der Waals surface area contributed by atoms with Crippen molar-refractivity contribution >= 4 is 40.2 Å². The summed E-state index contributed by atoms with van der Waals surface area (Å²) in [6.07, 6.45) is 3.91. The number of carbonyl (C=O) groups is 2. The van der Waals surface area contributed by atoms with Gasteiger partial charge in [-0.2, -0.15) is 0 Å². The molecule has 0 radical (unpaired) electrons. The number of rotatable bonds is 4. The molecule has 1 aromatic rings. The molecular formula is C15H19IN2O3. The smallest absolute Gasteiger partial charge is 0.337 e. The lowest BCUT2D eigenvalue weighted by atomic mass is 9.78. The van der Waals surface area contributed by atoms with Gasteiger partial charge in [0.2, 0.25) is 5.91 Å². The van der Waals surface area contributed by atoms with E-state index in [0.29, 0.717) is 12.2 Å². The minimum atomic E-state index is -1.04. The molecule has 2 rings (SSSR count). The van der Waals surface area contributed by atoms with E-state index in [1.54, 1.807) is 18.2 Å². The Labute approximate surface area is 137 Å². The second kappa shape index (κ2) is 7.22. The van der Waals surface area contributed by atoms with Gasteiger partial charge in [-0.3, -0.25) is 4.79 Å². The Morgan fingerprint density at radius 1 is 1.33 bits per heavy atom. The molecule has 1 aliphatic carbocycles. The maximum absolute atomic E-state index is 12.4. The molecule has 0 aromatic heterocycles. The first-order chi connectivity index (χ1) is 10.0. The van der Waals surface area contributed by atoms with Gasteiger partial charge in [0.15, 0.2) is 0 Å². The number of halogens is 1. The molecule has 4 N–H and O–H groups in total. The van der Waals surface area contributed by atoms with Crippen molar-refractivity contribution in [2.24, 2.45) is 17.6 Å². The van der Waals surface area contributed by atoms with E-state index in [9.17, 15) is 14.7 Å². The number of carbonyl (C=O) groups excluding carboxylic acids is 1. The first-order valence-corrected chi connectivity index (χ1v) is 8.14. The average molecular weight is 402 g/mol. The quantitative estimate of drug-likeness (QED) is 0.676. The normalized spacial score (nSPS) is 21.8. The predicted octanol–water partition coefficient (Wildman–Crippen LogP) is 2.69. The Hall–Kier alpha value is -1.15. The van der Waals surface area contributed by atoms with Crippen molar-refractivity contribution in [3.05, 3.63) is 27.3 Å². The second-order valence-electron chi connectivity index (χ2n) is 5.37. The summed E-state index contributed by atoms with van der Waals surface area (Å²) < 4.78 is 0.820. The number of anilines is 1. The van der Waals surface area contributed by atoms with Crippen molar-refractivity contribution in [1.29, 1.82) is 0 Å². The lowest BCUT2D eigenvalue weighted by Crippen LogP contribution is -2.36. The maximum Gasteiger partial charge on any atom is 0.337 e. The van der Waals surface area contributed by atoms with Gasteiger partial charge in [0, 0.05) is 9.49 Å². The van der Waals surface area contributed by atoms with E-state index < -0.39 is 5.97 Å². The summed E-state index contributed by atoms with van der Waals surface area (Å²) in [6, 6.07) is 4.98. The van der Waals surface area contributed by atoms with Gasteiger partial charge in [-0.15, -0.1) is 0 Å². The molecule has 2 atom stereocenters. The summed E-state index contributed by atoms with van der Waals surface area (Å²) in [7, 11) is 0. The summed E-state index contributed by atoms with van der Waals surface area (Å²) in [6.45, 7) is 0.497. The van der Waals surface area contributed by atoms with Crippen LogP contribution >= 0.6 is 22.6 Å². The number of nitrogens with one attached hydrogen (secondary N) is 1. The maximum atomic E-state index is 12.4. The first kappa shape index (κ1) is 16.2. The number of carboxylic acid groups (broad SMARTS) is 1. The van der Waals surface area contributed by atoms with Gasteiger partial charge >= 0.3 is 5.97 Å². The van der Waals surface area contributed by atoms with E-state index in [2.05, 4.69) is 5.32 Å². The van der Waals surface area contributed by atoms with Gasteiger partial charge in [0.05, 0.1) is 11.3 Å². The third-order valence-corrected chi connectivity index (χ3v) is 4.69. The Kier molecular flexibility index (Phi) is 5.58. The van der Waals surface area contributed by atoms with Crippen LogP contribution in [0.1, 0.15) is 36.0 Å². The van der Waals surface area contributed by atoms with E-state index in [4.69, 9.17) is 5.73 Å². The Bertz CT molecular complexity index is 548. The number of amides is 1. The van der Waals surface area contributed by atoms with Crippen molar-refractivity contribution in [3.8, 4) is 0 Å². The predicted molar refractivity (Wildman–Crippen MR) is 89.3 cm³/mol. The zero-order chi connectivity index (χ0) is 15.4. The molecule has 6 heteroatoms. The van der Waals surface area contributed by atoms with Crippen LogP contribution in [0, 0.1) is 15.4 Å². The largest absolute Gasteiger partial charge is 0.478 e. The highest BCUT2D eigenvalue weighted by molar-refractivity contribution is 14.1. The molecule has 114 valence electrons. The number of hydrogen-bond acceptors (Lipinski definition) is 3. The third kappa shape index (κ3) is 3.94. The molecule has 21 heavy (non-hydrogen) atoms. The van der Waals surface area contributed by atoms with Gasteiger partial charge in [0.25, 0.3) is 0 Å². The van der Waals surface area contributed by atoms with Crippen LogP contribution in [0.15, 0.2) is 18.2 Å². The summed E-state index contributed by atoms with van der Waals surface area (Å²) in [4.78, 5) is 23.7. The minimum absolute atomic E-state index is 0.117. The topological polar surface area (TPSA) is 92.4 Å². The Morgan fingerprint density at radius 2 is 2.05 bits per heavy atom. The zero-order valence-corrected chi connectivity index (χ0v) is 13.8. The second-order valence-corrected chi connectivity index (χ2v) is 6.62. The fourth-order valence-electron chi connectivity index (χ4n) is 2.86. The van der Waals surface area contributed by atoms with Crippen LogP contribution in [0.5, 0.6) is 0 Å². The highest BCUT2D eigenvalue weighted by Gasteiger charge is 2.30. The molecule has 1 fully saturated rings. The monoisotopic (exact) mass is 402 g/mol. The molecule has 5 nitrogen and oxygen atoms in total. The molecule has 1 amide bonds. The first-order valence-electron chi connectivity index (χ1n) is 7.06. The standard InChI is InChI=1S/C15H19IN2O3/c16-10-5-6-13(12(7-10)15(20)21)18-14(19)11-4-2-1-3-9(11)8-17/h5-7,9,11H,1-4,8,17H2,(H,18,19)(H,20,21). The van der Waals surface area contributed by atoms with Gasteiger partial charge in [0.1, 0.15) is 0 Å². The van der Waals surface area contributed by atoms with E-state index >= 15 is 0 Å². The molecule has 1 aliphatic rings. The number of carboxylic acids is 1. The SMILES string of the molecule is NCC1CCCCC1C(=O)Nc1ccc(I)cc1C(=O)O. The molecular weight excluding hydrogens is 383 g/mol. The summed E-state index contributed by atoms with van der Waals surface area (Å²) >= 11 is 2.05. The summed E-state index contributed by atoms with van der Waals surface area (Å²) in [5.41, 5.74) is 6.22. The zero-order valence-electron chi connectivity index (χ0n) is 11.6. The van der Waals surface area contributed by atoms with E-state index in [1.807, 2.05) is 22.6 Å². The number of aromatic carboxylic acids is 1. The molecule has 0 spiro atoms. The molecule has 0 aliphatic heterocycles. The van der Waals surface area contributed by atoms with Gasteiger partial charge in [-0.1, -0.05) is 12.8 Å². The lowest BCUT2D eigenvalue weighted by molar-refractivity contribution is -0.122. The van der Waals surface area contributed by atoms with Crippen molar-refractivity contribution < 1.29 is 14.7 Å².